The molecule has 12 nitrogen and oxygen atoms in total. The highest BCUT2D eigenvalue weighted by Crippen LogP contribution is 2.32. The van der Waals surface area contributed by atoms with Gasteiger partial charge in [-0.25, -0.2) is 10.1 Å². The Kier molecular flexibility index (Phi) is 6.01. The minimum atomic E-state index is -0.565. The average Bonchev–Trinajstić information content (AvgIpc) is 3.57. The number of anilines is 1. The number of aromatic nitrogens is 5. The Balaban J connectivity index is 1.36. The summed E-state index contributed by atoms with van der Waals surface area (Å²) >= 11 is 7.40. The molecule has 0 unspecified atom stereocenters. The molecule has 3 heterocycles. The molecule has 0 atom stereocenters. The Morgan fingerprint density at radius 2 is 2.03 bits per heavy atom. The molecule has 0 radical (unpaired) electrons. The second kappa shape index (κ2) is 9.41. The summed E-state index contributed by atoms with van der Waals surface area (Å²) in [5.74, 6) is 1.15. The molecule has 2 aromatic heterocycles. The molecule has 0 aliphatic carbocycles. The summed E-state index contributed by atoms with van der Waals surface area (Å²) in [7, 11) is 0. The summed E-state index contributed by atoms with van der Waals surface area (Å²) in [6.07, 6.45) is 1.48. The van der Waals surface area contributed by atoms with Crippen molar-refractivity contribution in [3.05, 3.63) is 64.4 Å². The van der Waals surface area contributed by atoms with E-state index in [0.717, 1.165) is 4.90 Å². The first-order valence-electron chi connectivity index (χ1n) is 9.73. The number of carbonyl (C=O) groups excluding carboxylic acids is 1. The molecule has 0 spiro atoms. The van der Waals surface area contributed by atoms with Crippen LogP contribution in [0.4, 0.5) is 5.82 Å². The Labute approximate surface area is 201 Å². The van der Waals surface area contributed by atoms with Gasteiger partial charge in [-0.3, -0.25) is 4.79 Å². The summed E-state index contributed by atoms with van der Waals surface area (Å²) in [6.45, 7) is 0.171. The van der Waals surface area contributed by atoms with Crippen molar-refractivity contribution >= 4 is 41.3 Å². The molecule has 5 rings (SSSR count). The number of hydrazone groups is 1. The lowest BCUT2D eigenvalue weighted by atomic mass is 10.2. The fourth-order valence-electron chi connectivity index (χ4n) is 3.01. The van der Waals surface area contributed by atoms with E-state index in [1.165, 1.54) is 22.7 Å². The summed E-state index contributed by atoms with van der Waals surface area (Å²) in [4.78, 5) is 13.8. The lowest BCUT2D eigenvalue weighted by molar-refractivity contribution is 0.0949. The number of nitrogens with one attached hydrogen (secondary N) is 1. The van der Waals surface area contributed by atoms with Crippen LogP contribution < -0.4 is 20.6 Å². The largest absolute Gasteiger partial charge is 0.454 e. The van der Waals surface area contributed by atoms with Gasteiger partial charge in [0.15, 0.2) is 17.2 Å². The van der Waals surface area contributed by atoms with Crippen LogP contribution in [0.15, 0.2) is 57.1 Å². The molecular weight excluding hydrogens is 484 g/mol. The molecule has 4 aromatic rings. The number of carbonyl (C=O) groups is 1. The lowest BCUT2D eigenvalue weighted by Gasteiger charge is -2.06. The van der Waals surface area contributed by atoms with Gasteiger partial charge >= 0.3 is 0 Å². The summed E-state index contributed by atoms with van der Waals surface area (Å²) in [6, 6.07) is 12.6. The molecule has 2 aromatic carbocycles. The number of thioether (sulfide) groups is 1. The predicted molar refractivity (Wildman–Crippen MR) is 122 cm³/mol. The summed E-state index contributed by atoms with van der Waals surface area (Å²) < 4.78 is 16.6. The van der Waals surface area contributed by atoms with Gasteiger partial charge in [-0.1, -0.05) is 16.8 Å². The van der Waals surface area contributed by atoms with Gasteiger partial charge in [-0.2, -0.15) is 9.78 Å². The Bertz CT molecular complexity index is 1370. The third kappa shape index (κ3) is 4.51. The van der Waals surface area contributed by atoms with Gasteiger partial charge in [0, 0.05) is 15.7 Å². The molecular formula is C20H15ClN8O4S. The molecule has 0 saturated heterocycles. The normalized spacial score (nSPS) is 12.4. The topological polar surface area (TPSA) is 156 Å². The fraction of sp³-hybridized carbons (Fsp3) is 0.100. The number of benzene rings is 2. The highest BCUT2D eigenvalue weighted by atomic mass is 35.5. The first-order valence-corrected chi connectivity index (χ1v) is 11.1. The predicted octanol–water partition coefficient (Wildman–Crippen LogP) is 2.67. The average molecular weight is 499 g/mol. The van der Waals surface area contributed by atoms with Crippen molar-refractivity contribution in [2.45, 2.75) is 10.6 Å². The number of fused-ring (bicyclic) bond motifs is 1. The molecule has 1 amide bonds. The molecule has 34 heavy (non-hydrogen) atoms. The van der Waals surface area contributed by atoms with E-state index in [1.54, 1.807) is 30.3 Å². The van der Waals surface area contributed by atoms with E-state index in [4.69, 9.17) is 26.8 Å². The van der Waals surface area contributed by atoms with Gasteiger partial charge in [-0.15, -0.1) is 16.9 Å². The quantitative estimate of drug-likeness (QED) is 0.220. The van der Waals surface area contributed by atoms with Crippen molar-refractivity contribution in [1.82, 2.24) is 30.7 Å². The SMILES string of the molecule is Nc1nonc1-n1nnc(C(=O)N/N=C/c2ccc3c(c2)OCO3)c1CSc1ccc(Cl)cc1. The number of hydrogen-bond donors (Lipinski definition) is 2. The van der Waals surface area contributed by atoms with Crippen LogP contribution in [0.25, 0.3) is 5.82 Å². The van der Waals surface area contributed by atoms with Crippen LogP contribution in [0.5, 0.6) is 11.5 Å². The van der Waals surface area contributed by atoms with E-state index in [9.17, 15) is 4.79 Å². The number of amides is 1. The second-order valence-corrected chi connectivity index (χ2v) is 8.31. The van der Waals surface area contributed by atoms with E-state index >= 15 is 0 Å². The van der Waals surface area contributed by atoms with Gasteiger partial charge in [0.25, 0.3) is 5.91 Å². The van der Waals surface area contributed by atoms with Gasteiger partial charge in [0.2, 0.25) is 18.4 Å². The van der Waals surface area contributed by atoms with Crippen LogP contribution >= 0.6 is 23.4 Å². The zero-order chi connectivity index (χ0) is 23.5. The maximum atomic E-state index is 12.9. The maximum Gasteiger partial charge on any atom is 0.293 e. The van der Waals surface area contributed by atoms with Crippen LogP contribution in [0.3, 0.4) is 0 Å². The number of nitrogens with two attached hydrogens (primary N) is 1. The van der Waals surface area contributed by atoms with E-state index < -0.39 is 5.91 Å². The second-order valence-electron chi connectivity index (χ2n) is 6.82. The first-order chi connectivity index (χ1) is 16.6. The maximum absolute atomic E-state index is 12.9. The zero-order valence-corrected chi connectivity index (χ0v) is 18.8. The van der Waals surface area contributed by atoms with Crippen molar-refractivity contribution < 1.29 is 18.9 Å². The van der Waals surface area contributed by atoms with Gasteiger partial charge < -0.3 is 15.2 Å². The fourth-order valence-corrected chi connectivity index (χ4v) is 4.03. The number of ether oxygens (including phenoxy) is 2. The summed E-state index contributed by atoms with van der Waals surface area (Å²) in [5.41, 5.74) is 9.47. The monoisotopic (exact) mass is 498 g/mol. The van der Waals surface area contributed by atoms with Crippen LogP contribution in [0.2, 0.25) is 5.02 Å². The lowest BCUT2D eigenvalue weighted by Crippen LogP contribution is -2.20. The highest BCUT2D eigenvalue weighted by molar-refractivity contribution is 7.98. The zero-order valence-electron chi connectivity index (χ0n) is 17.2. The molecule has 172 valence electrons. The molecule has 1 aliphatic heterocycles. The van der Waals surface area contributed by atoms with Gasteiger partial charge in [0.1, 0.15) is 0 Å². The van der Waals surface area contributed by atoms with Crippen molar-refractivity contribution in [2.75, 3.05) is 12.5 Å². The number of rotatable bonds is 7. The number of hydrogen-bond acceptors (Lipinski definition) is 11. The number of nitrogen functional groups attached to an aromatic ring is 1. The molecule has 0 saturated carbocycles. The van der Waals surface area contributed by atoms with E-state index in [-0.39, 0.29) is 24.1 Å². The highest BCUT2D eigenvalue weighted by Gasteiger charge is 2.24. The van der Waals surface area contributed by atoms with Gasteiger partial charge in [-0.05, 0) is 58.3 Å². The minimum Gasteiger partial charge on any atom is -0.454 e. The molecule has 0 fully saturated rings. The molecule has 1 aliphatic rings. The number of nitrogens with zero attached hydrogens (tertiary/aromatic N) is 6. The van der Waals surface area contributed by atoms with Crippen LogP contribution in [0, 0.1) is 0 Å². The van der Waals surface area contributed by atoms with Crippen molar-refractivity contribution in [1.29, 1.82) is 0 Å². The van der Waals surface area contributed by atoms with Crippen LogP contribution in [0.1, 0.15) is 21.7 Å². The van der Waals surface area contributed by atoms with Crippen molar-refractivity contribution in [3.8, 4) is 17.3 Å². The van der Waals surface area contributed by atoms with Crippen molar-refractivity contribution in [2.24, 2.45) is 5.10 Å². The van der Waals surface area contributed by atoms with E-state index in [2.05, 4.69) is 35.8 Å². The van der Waals surface area contributed by atoms with Crippen LogP contribution in [-0.2, 0) is 5.75 Å². The Morgan fingerprint density at radius 3 is 2.82 bits per heavy atom. The Morgan fingerprint density at radius 1 is 1.21 bits per heavy atom. The van der Waals surface area contributed by atoms with E-state index in [0.29, 0.717) is 33.5 Å². The van der Waals surface area contributed by atoms with E-state index in [1.807, 2.05) is 12.1 Å². The third-order valence-electron chi connectivity index (χ3n) is 4.64. The van der Waals surface area contributed by atoms with Crippen LogP contribution in [-0.4, -0.2) is 44.2 Å². The molecule has 0 bridgehead atoms. The van der Waals surface area contributed by atoms with Gasteiger partial charge in [0.05, 0.1) is 11.9 Å². The standard InChI is InChI=1S/C20H15ClN8O4S/c21-12-2-4-13(5-3-12)34-9-14-17(24-28-29(14)19-18(22)26-33-27-19)20(30)25-23-8-11-1-6-15-16(7-11)32-10-31-15/h1-8H,9-10H2,(H2,22,26)(H,25,30)/b23-8+. The molecule has 14 heteroatoms. The summed E-state index contributed by atoms with van der Waals surface area (Å²) in [5, 5.41) is 20.0. The minimum absolute atomic E-state index is 0.00966. The first kappa shape index (κ1) is 21.7. The number of halogens is 1. The smallest absolute Gasteiger partial charge is 0.293 e. The van der Waals surface area contributed by atoms with Crippen molar-refractivity contribution in [3.63, 3.8) is 0 Å². The Hall–Kier alpha value is -4.10. The third-order valence-corrected chi connectivity index (χ3v) is 5.92. The molecule has 3 N–H and O–H groups in total.